The van der Waals surface area contributed by atoms with Crippen molar-refractivity contribution in [3.63, 3.8) is 0 Å². The molecule has 134 valence electrons. The molecule has 0 radical (unpaired) electrons. The number of pyridine rings is 1. The summed E-state index contributed by atoms with van der Waals surface area (Å²) in [5.41, 5.74) is 3.36. The van der Waals surface area contributed by atoms with Gasteiger partial charge in [-0.1, -0.05) is 24.3 Å². The number of aromatic nitrogens is 1. The second-order valence-corrected chi connectivity index (χ2v) is 6.81. The van der Waals surface area contributed by atoms with Crippen molar-refractivity contribution in [2.75, 3.05) is 34.7 Å². The molecule has 1 atom stereocenters. The van der Waals surface area contributed by atoms with Crippen molar-refractivity contribution in [1.29, 1.82) is 0 Å². The lowest BCUT2D eigenvalue weighted by Crippen LogP contribution is -2.31. The summed E-state index contributed by atoms with van der Waals surface area (Å²) in [6.45, 7) is 1.63. The summed E-state index contributed by atoms with van der Waals surface area (Å²) >= 11 is 0. The van der Waals surface area contributed by atoms with E-state index in [-0.39, 0.29) is 11.9 Å². The van der Waals surface area contributed by atoms with Gasteiger partial charge >= 0.3 is 0 Å². The second-order valence-electron chi connectivity index (χ2n) is 6.81. The van der Waals surface area contributed by atoms with Gasteiger partial charge in [0, 0.05) is 31.9 Å². The number of benzene rings is 1. The molecule has 1 aromatic heterocycles. The molecule has 0 aliphatic carbocycles. The second kappa shape index (κ2) is 9.30. The van der Waals surface area contributed by atoms with Crippen LogP contribution >= 0.6 is 0 Å². The first-order valence-corrected chi connectivity index (χ1v) is 8.53. The van der Waals surface area contributed by atoms with Crippen molar-refractivity contribution in [2.45, 2.75) is 19.0 Å². The monoisotopic (exact) mass is 340 g/mol. The molecular formula is C20H28N4O. The predicted octanol–water partition coefficient (Wildman–Crippen LogP) is 2.30. The van der Waals surface area contributed by atoms with Gasteiger partial charge in [0.25, 0.3) is 0 Å². The Morgan fingerprint density at radius 1 is 0.960 bits per heavy atom. The molecule has 1 heterocycles. The smallest absolute Gasteiger partial charge is 0.222 e. The molecule has 1 N–H and O–H groups in total. The minimum absolute atomic E-state index is 0.0490. The van der Waals surface area contributed by atoms with Crippen LogP contribution in [0.15, 0.2) is 48.8 Å². The van der Waals surface area contributed by atoms with Crippen molar-refractivity contribution in [2.24, 2.45) is 0 Å². The fraction of sp³-hybridized carbons (Fsp3) is 0.400. The van der Waals surface area contributed by atoms with E-state index >= 15 is 0 Å². The molecule has 5 nitrogen and oxygen atoms in total. The Morgan fingerprint density at radius 3 is 2.12 bits per heavy atom. The third-order valence-corrected chi connectivity index (χ3v) is 3.94. The van der Waals surface area contributed by atoms with Gasteiger partial charge in [0.2, 0.25) is 5.91 Å². The quantitative estimate of drug-likeness (QED) is 0.801. The third kappa shape index (κ3) is 6.29. The Hall–Kier alpha value is -2.24. The molecule has 1 unspecified atom stereocenters. The zero-order valence-electron chi connectivity index (χ0n) is 15.6. The highest BCUT2D eigenvalue weighted by molar-refractivity contribution is 5.77. The van der Waals surface area contributed by atoms with Crippen LogP contribution in [0, 0.1) is 0 Å². The normalized spacial score (nSPS) is 12.4. The van der Waals surface area contributed by atoms with Gasteiger partial charge in [-0.3, -0.25) is 9.78 Å². The van der Waals surface area contributed by atoms with Gasteiger partial charge in [0.05, 0.1) is 6.04 Å². The highest BCUT2D eigenvalue weighted by Crippen LogP contribution is 2.22. The molecule has 25 heavy (non-hydrogen) atoms. The number of carbonyl (C=O) groups excluding carboxylic acids is 1. The van der Waals surface area contributed by atoms with Gasteiger partial charge in [-0.25, -0.2) is 0 Å². The molecule has 2 aromatic rings. The van der Waals surface area contributed by atoms with Crippen LogP contribution in [0.5, 0.6) is 0 Å². The van der Waals surface area contributed by atoms with E-state index in [0.717, 1.165) is 24.2 Å². The number of hydrogen-bond acceptors (Lipinski definition) is 4. The van der Waals surface area contributed by atoms with Crippen molar-refractivity contribution in [3.8, 4) is 0 Å². The van der Waals surface area contributed by atoms with E-state index in [1.807, 2.05) is 31.1 Å². The lowest BCUT2D eigenvalue weighted by Gasteiger charge is -2.21. The lowest BCUT2D eigenvalue weighted by molar-refractivity contribution is -0.121. The topological polar surface area (TPSA) is 48.5 Å². The summed E-state index contributed by atoms with van der Waals surface area (Å²) in [5.74, 6) is 0.0490. The van der Waals surface area contributed by atoms with Crippen LogP contribution in [0.3, 0.4) is 0 Å². The van der Waals surface area contributed by atoms with Crippen molar-refractivity contribution in [1.82, 2.24) is 20.1 Å². The maximum absolute atomic E-state index is 12.4. The van der Waals surface area contributed by atoms with Crippen LogP contribution in [0.4, 0.5) is 0 Å². The van der Waals surface area contributed by atoms with E-state index in [1.54, 1.807) is 12.4 Å². The zero-order valence-corrected chi connectivity index (χ0v) is 15.6. The Labute approximate surface area is 150 Å². The molecule has 0 saturated carbocycles. The SMILES string of the molecule is CN(C)CCC(=O)NC(c1ccncc1)c1ccc(CN(C)C)cc1. The molecule has 0 saturated heterocycles. The average Bonchev–Trinajstić information content (AvgIpc) is 2.59. The summed E-state index contributed by atoms with van der Waals surface area (Å²) in [6.07, 6.45) is 4.00. The minimum atomic E-state index is -0.161. The summed E-state index contributed by atoms with van der Waals surface area (Å²) in [5, 5.41) is 3.16. The summed E-state index contributed by atoms with van der Waals surface area (Å²) < 4.78 is 0. The fourth-order valence-corrected chi connectivity index (χ4v) is 2.65. The number of nitrogens with zero attached hydrogens (tertiary/aromatic N) is 3. The average molecular weight is 340 g/mol. The van der Waals surface area contributed by atoms with E-state index in [9.17, 15) is 4.79 Å². The summed E-state index contributed by atoms with van der Waals surface area (Å²) in [4.78, 5) is 20.6. The van der Waals surface area contributed by atoms with Gasteiger partial charge in [-0.2, -0.15) is 0 Å². The number of nitrogens with one attached hydrogen (secondary N) is 1. The maximum atomic E-state index is 12.4. The van der Waals surface area contributed by atoms with Gasteiger partial charge in [-0.15, -0.1) is 0 Å². The largest absolute Gasteiger partial charge is 0.345 e. The van der Waals surface area contributed by atoms with Crippen LogP contribution in [0.25, 0.3) is 0 Å². The molecule has 1 amide bonds. The molecule has 1 aromatic carbocycles. The number of rotatable bonds is 8. The van der Waals surface area contributed by atoms with Crippen LogP contribution in [-0.4, -0.2) is 55.4 Å². The Bertz CT molecular complexity index is 653. The summed E-state index contributed by atoms with van der Waals surface area (Å²) in [6, 6.07) is 12.2. The fourth-order valence-electron chi connectivity index (χ4n) is 2.65. The van der Waals surface area contributed by atoms with E-state index in [1.165, 1.54) is 5.56 Å². The molecule has 0 fully saturated rings. The van der Waals surface area contributed by atoms with Gasteiger partial charge in [0.15, 0.2) is 0 Å². The lowest BCUT2D eigenvalue weighted by atomic mass is 9.98. The Balaban J connectivity index is 2.18. The third-order valence-electron chi connectivity index (χ3n) is 3.94. The number of amides is 1. The first-order chi connectivity index (χ1) is 12.0. The van der Waals surface area contributed by atoms with E-state index in [0.29, 0.717) is 6.42 Å². The van der Waals surface area contributed by atoms with Crippen LogP contribution in [0.1, 0.15) is 29.2 Å². The number of hydrogen-bond donors (Lipinski definition) is 1. The summed E-state index contributed by atoms with van der Waals surface area (Å²) in [7, 11) is 8.05. The molecule has 0 spiro atoms. The minimum Gasteiger partial charge on any atom is -0.345 e. The van der Waals surface area contributed by atoms with E-state index < -0.39 is 0 Å². The van der Waals surface area contributed by atoms with Crippen LogP contribution in [-0.2, 0) is 11.3 Å². The molecular weight excluding hydrogens is 312 g/mol. The van der Waals surface area contributed by atoms with E-state index in [4.69, 9.17) is 0 Å². The van der Waals surface area contributed by atoms with Crippen LogP contribution < -0.4 is 5.32 Å². The predicted molar refractivity (Wildman–Crippen MR) is 101 cm³/mol. The van der Waals surface area contributed by atoms with E-state index in [2.05, 4.69) is 53.6 Å². The molecule has 0 aliphatic rings. The first kappa shape index (κ1) is 19.1. The molecule has 0 bridgehead atoms. The molecule has 5 heteroatoms. The zero-order chi connectivity index (χ0) is 18.2. The highest BCUT2D eigenvalue weighted by atomic mass is 16.1. The first-order valence-electron chi connectivity index (χ1n) is 8.53. The van der Waals surface area contributed by atoms with Crippen molar-refractivity contribution in [3.05, 3.63) is 65.5 Å². The molecule has 0 aliphatic heterocycles. The van der Waals surface area contributed by atoms with Gasteiger partial charge in [-0.05, 0) is 57.0 Å². The maximum Gasteiger partial charge on any atom is 0.222 e. The van der Waals surface area contributed by atoms with Crippen molar-refractivity contribution < 1.29 is 4.79 Å². The van der Waals surface area contributed by atoms with Crippen molar-refractivity contribution >= 4 is 5.91 Å². The Kier molecular flexibility index (Phi) is 7.10. The van der Waals surface area contributed by atoms with Crippen LogP contribution in [0.2, 0.25) is 0 Å². The van der Waals surface area contributed by atoms with Gasteiger partial charge < -0.3 is 15.1 Å². The molecule has 2 rings (SSSR count). The Morgan fingerprint density at radius 2 is 1.56 bits per heavy atom. The van der Waals surface area contributed by atoms with Gasteiger partial charge in [0.1, 0.15) is 0 Å². The standard InChI is InChI=1S/C20H28N4O/c1-23(2)14-11-19(25)22-20(18-9-12-21-13-10-18)17-7-5-16(6-8-17)15-24(3)4/h5-10,12-13,20H,11,14-15H2,1-4H3,(H,22,25). The highest BCUT2D eigenvalue weighted by Gasteiger charge is 2.17. The number of carbonyl (C=O) groups is 1.